The number of methoxy groups -OCH3 is 1. The molecule has 1 aromatic heterocycles. The zero-order valence-corrected chi connectivity index (χ0v) is 10.4. The highest BCUT2D eigenvalue weighted by Crippen LogP contribution is 2.38. The lowest BCUT2D eigenvalue weighted by Crippen LogP contribution is -2.32. The second-order valence-corrected chi connectivity index (χ2v) is 4.42. The van der Waals surface area contributed by atoms with E-state index in [1.807, 2.05) is 0 Å². The molecule has 0 aromatic carbocycles. The summed E-state index contributed by atoms with van der Waals surface area (Å²) in [5.74, 6) is -0.434. The van der Waals surface area contributed by atoms with Crippen molar-refractivity contribution in [3.63, 3.8) is 0 Å². The number of anilines is 1. The van der Waals surface area contributed by atoms with Crippen LogP contribution in [0, 0.1) is 0 Å². The Balaban J connectivity index is 2.38. The maximum absolute atomic E-state index is 12.9. The average molecular weight is 276 g/mol. The lowest BCUT2D eigenvalue weighted by molar-refractivity contribution is -0.139. The van der Waals surface area contributed by atoms with Gasteiger partial charge in [0.2, 0.25) is 5.88 Å². The lowest BCUT2D eigenvalue weighted by atomic mass is 10.2. The number of hydrogen-bond donors (Lipinski definition) is 1. The Morgan fingerprint density at radius 2 is 2.26 bits per heavy atom. The monoisotopic (exact) mass is 276 g/mol. The SMILES string of the molecule is COc1ncc(N2CCCC2CO)cc1C(F)(F)F. The molecule has 0 spiro atoms. The van der Waals surface area contributed by atoms with Crippen molar-refractivity contribution in [2.45, 2.75) is 25.1 Å². The second kappa shape index (κ2) is 5.24. The lowest BCUT2D eigenvalue weighted by Gasteiger charge is -2.26. The molecule has 1 atom stereocenters. The van der Waals surface area contributed by atoms with Gasteiger partial charge in [0.05, 0.1) is 31.6 Å². The molecule has 1 fully saturated rings. The van der Waals surface area contributed by atoms with Crippen molar-refractivity contribution in [2.24, 2.45) is 0 Å². The first-order chi connectivity index (χ1) is 8.97. The first kappa shape index (κ1) is 13.9. The Morgan fingerprint density at radius 3 is 2.84 bits per heavy atom. The number of hydrogen-bond acceptors (Lipinski definition) is 4. The van der Waals surface area contributed by atoms with Gasteiger partial charge in [-0.05, 0) is 18.9 Å². The van der Waals surface area contributed by atoms with Gasteiger partial charge in [-0.3, -0.25) is 0 Å². The third-order valence-electron chi connectivity index (χ3n) is 3.25. The Kier molecular flexibility index (Phi) is 3.84. The van der Waals surface area contributed by atoms with Crippen LogP contribution in [-0.2, 0) is 6.18 Å². The minimum Gasteiger partial charge on any atom is -0.481 e. The van der Waals surface area contributed by atoms with Crippen molar-refractivity contribution >= 4 is 5.69 Å². The van der Waals surface area contributed by atoms with Gasteiger partial charge in [-0.25, -0.2) is 4.98 Å². The number of ether oxygens (including phenoxy) is 1. The summed E-state index contributed by atoms with van der Waals surface area (Å²) in [5.41, 5.74) is -0.527. The largest absolute Gasteiger partial charge is 0.481 e. The molecule has 0 amide bonds. The van der Waals surface area contributed by atoms with Crippen LogP contribution in [0.3, 0.4) is 0 Å². The van der Waals surface area contributed by atoms with E-state index < -0.39 is 17.6 Å². The number of aromatic nitrogens is 1. The number of aliphatic hydroxyl groups excluding tert-OH is 1. The molecule has 1 aliphatic heterocycles. The molecule has 1 N–H and O–H groups in total. The van der Waals surface area contributed by atoms with Crippen LogP contribution >= 0.6 is 0 Å². The van der Waals surface area contributed by atoms with Gasteiger partial charge in [0.1, 0.15) is 5.56 Å². The van der Waals surface area contributed by atoms with Crippen molar-refractivity contribution in [3.8, 4) is 5.88 Å². The van der Waals surface area contributed by atoms with E-state index >= 15 is 0 Å². The fourth-order valence-corrected chi connectivity index (χ4v) is 2.33. The van der Waals surface area contributed by atoms with E-state index in [9.17, 15) is 18.3 Å². The fourth-order valence-electron chi connectivity index (χ4n) is 2.33. The third kappa shape index (κ3) is 2.75. The molecule has 1 aromatic rings. The Morgan fingerprint density at radius 1 is 1.53 bits per heavy atom. The zero-order valence-electron chi connectivity index (χ0n) is 10.4. The average Bonchev–Trinajstić information content (AvgIpc) is 2.85. The number of pyridine rings is 1. The first-order valence-corrected chi connectivity index (χ1v) is 5.96. The van der Waals surface area contributed by atoms with Crippen LogP contribution in [0.4, 0.5) is 18.9 Å². The van der Waals surface area contributed by atoms with Crippen molar-refractivity contribution in [1.82, 2.24) is 4.98 Å². The number of aliphatic hydroxyl groups is 1. The maximum atomic E-state index is 12.9. The predicted molar refractivity (Wildman–Crippen MR) is 63.2 cm³/mol. The summed E-state index contributed by atoms with van der Waals surface area (Å²) in [6.45, 7) is 0.546. The van der Waals surface area contributed by atoms with Crippen molar-refractivity contribution in [3.05, 3.63) is 17.8 Å². The molecule has 0 radical (unpaired) electrons. The van der Waals surface area contributed by atoms with E-state index in [0.717, 1.165) is 26.0 Å². The van der Waals surface area contributed by atoms with E-state index in [1.165, 1.54) is 6.20 Å². The summed E-state index contributed by atoms with van der Waals surface area (Å²) < 4.78 is 43.3. The fraction of sp³-hybridized carbons (Fsp3) is 0.583. The molecule has 2 rings (SSSR count). The van der Waals surface area contributed by atoms with Crippen LogP contribution in [0.15, 0.2) is 12.3 Å². The molecular formula is C12H15F3N2O2. The first-order valence-electron chi connectivity index (χ1n) is 5.96. The normalized spacial score (nSPS) is 19.8. The molecule has 19 heavy (non-hydrogen) atoms. The molecule has 1 aliphatic rings. The van der Waals surface area contributed by atoms with Crippen molar-refractivity contribution in [2.75, 3.05) is 25.2 Å². The minimum atomic E-state index is -4.51. The van der Waals surface area contributed by atoms with Crippen LogP contribution in [-0.4, -0.2) is 36.4 Å². The van der Waals surface area contributed by atoms with Crippen LogP contribution in [0.2, 0.25) is 0 Å². The van der Waals surface area contributed by atoms with E-state index in [2.05, 4.69) is 9.72 Å². The van der Waals surface area contributed by atoms with Gasteiger partial charge >= 0.3 is 6.18 Å². The maximum Gasteiger partial charge on any atom is 0.421 e. The number of rotatable bonds is 3. The van der Waals surface area contributed by atoms with E-state index in [-0.39, 0.29) is 12.6 Å². The Labute approximate surface area is 108 Å². The van der Waals surface area contributed by atoms with E-state index in [1.54, 1.807) is 4.90 Å². The molecule has 1 unspecified atom stereocenters. The van der Waals surface area contributed by atoms with Gasteiger partial charge in [0, 0.05) is 6.54 Å². The molecule has 106 valence electrons. The number of alkyl halides is 3. The third-order valence-corrected chi connectivity index (χ3v) is 3.25. The highest BCUT2D eigenvalue weighted by atomic mass is 19.4. The van der Waals surface area contributed by atoms with Crippen molar-refractivity contribution < 1.29 is 23.0 Å². The summed E-state index contributed by atoms with van der Waals surface area (Å²) in [7, 11) is 1.16. The molecule has 7 heteroatoms. The van der Waals surface area contributed by atoms with Gasteiger partial charge in [-0.15, -0.1) is 0 Å². The highest BCUT2D eigenvalue weighted by Gasteiger charge is 2.36. The molecule has 0 saturated carbocycles. The van der Waals surface area contributed by atoms with Gasteiger partial charge in [0.25, 0.3) is 0 Å². The summed E-state index contributed by atoms with van der Waals surface area (Å²) in [6, 6.07) is 0.885. The molecule has 0 aliphatic carbocycles. The summed E-state index contributed by atoms with van der Waals surface area (Å²) in [6.07, 6.45) is -1.55. The summed E-state index contributed by atoms with van der Waals surface area (Å²) >= 11 is 0. The van der Waals surface area contributed by atoms with Gasteiger partial charge in [-0.1, -0.05) is 0 Å². The van der Waals surface area contributed by atoms with Crippen molar-refractivity contribution in [1.29, 1.82) is 0 Å². The van der Waals surface area contributed by atoms with E-state index in [4.69, 9.17) is 0 Å². The number of nitrogens with zero attached hydrogens (tertiary/aromatic N) is 2. The van der Waals surface area contributed by atoms with E-state index in [0.29, 0.717) is 12.2 Å². The zero-order chi connectivity index (χ0) is 14.0. The quantitative estimate of drug-likeness (QED) is 0.918. The Hall–Kier alpha value is -1.50. The van der Waals surface area contributed by atoms with Crippen LogP contribution in [0.25, 0.3) is 0 Å². The van der Waals surface area contributed by atoms with Crippen LogP contribution in [0.1, 0.15) is 18.4 Å². The van der Waals surface area contributed by atoms with Gasteiger partial charge < -0.3 is 14.7 Å². The molecule has 1 saturated heterocycles. The van der Waals surface area contributed by atoms with Gasteiger partial charge in [0.15, 0.2) is 0 Å². The summed E-state index contributed by atoms with van der Waals surface area (Å²) in [5, 5.41) is 9.22. The van der Waals surface area contributed by atoms with Crippen LogP contribution in [0.5, 0.6) is 5.88 Å². The second-order valence-electron chi connectivity index (χ2n) is 4.42. The van der Waals surface area contributed by atoms with Crippen LogP contribution < -0.4 is 9.64 Å². The summed E-state index contributed by atoms with van der Waals surface area (Å²) in [4.78, 5) is 5.46. The standard InChI is InChI=1S/C12H15F3N2O2/c1-19-11-10(12(13,14)15)5-9(6-16-11)17-4-2-3-8(17)7-18/h5-6,8,18H,2-4,7H2,1H3. The Bertz CT molecular complexity index is 451. The predicted octanol–water partition coefficient (Wildman–Crippen LogP) is 2.07. The highest BCUT2D eigenvalue weighted by molar-refractivity contribution is 5.51. The van der Waals surface area contributed by atoms with Gasteiger partial charge in [-0.2, -0.15) is 13.2 Å². The molecular weight excluding hydrogens is 261 g/mol. The molecule has 0 bridgehead atoms. The topological polar surface area (TPSA) is 45.6 Å². The minimum absolute atomic E-state index is 0.0760. The molecule has 2 heterocycles. The smallest absolute Gasteiger partial charge is 0.421 e. The molecule has 4 nitrogen and oxygen atoms in total. The number of halogens is 3.